The van der Waals surface area contributed by atoms with Gasteiger partial charge in [-0.2, -0.15) is 0 Å². The number of nitrogens with zero attached hydrogens (tertiary/aromatic N) is 1. The van der Waals surface area contributed by atoms with Crippen LogP contribution in [0.25, 0.3) is 0 Å². The third-order valence-electron chi connectivity index (χ3n) is 2.84. The van der Waals surface area contributed by atoms with Gasteiger partial charge in [-0.05, 0) is 40.8 Å². The Kier molecular flexibility index (Phi) is 4.99. The number of ether oxygens (including phenoxy) is 1. The van der Waals surface area contributed by atoms with E-state index in [0.29, 0.717) is 30.3 Å². The molecule has 1 atom stereocenters. The van der Waals surface area contributed by atoms with Crippen molar-refractivity contribution in [1.29, 1.82) is 0 Å². The number of rotatable bonds is 2. The quantitative estimate of drug-likeness (QED) is 0.599. The molecule has 0 radical (unpaired) electrons. The number of halogens is 2. The van der Waals surface area contributed by atoms with Gasteiger partial charge in [0.15, 0.2) is 0 Å². The van der Waals surface area contributed by atoms with Gasteiger partial charge in [0.25, 0.3) is 5.91 Å². The number of nitrogens with two attached hydrogens (primary N) is 1. The van der Waals surface area contributed by atoms with Crippen molar-refractivity contribution >= 4 is 57.3 Å². The fourth-order valence-electron chi connectivity index (χ4n) is 1.82. The van der Waals surface area contributed by atoms with E-state index in [4.69, 9.17) is 34.3 Å². The monoisotopic (exact) mass is 410 g/mol. The minimum absolute atomic E-state index is 0.0807. The van der Waals surface area contributed by atoms with Gasteiger partial charge in [0.1, 0.15) is 11.1 Å². The minimum Gasteiger partial charge on any atom is -0.391 e. The number of carbonyl (C=O) groups is 1. The lowest BCUT2D eigenvalue weighted by Crippen LogP contribution is -2.49. The molecular weight excluding hydrogens is 399 g/mol. The average Bonchev–Trinajstić information content (AvgIpc) is 2.41. The summed E-state index contributed by atoms with van der Waals surface area (Å²) in [6, 6.07) is 5.26. The first-order valence-electron chi connectivity index (χ1n) is 5.64. The molecule has 1 aliphatic heterocycles. The fraction of sp³-hybridized carbons (Fsp3) is 0.333. The van der Waals surface area contributed by atoms with E-state index < -0.39 is 0 Å². The number of morpholine rings is 1. The van der Waals surface area contributed by atoms with Crippen LogP contribution < -0.4 is 5.73 Å². The Balaban J connectivity index is 2.14. The number of carbonyl (C=O) groups excluding carboxylic acids is 1. The lowest BCUT2D eigenvalue weighted by molar-refractivity contribution is 0.00879. The minimum atomic E-state index is -0.368. The first kappa shape index (κ1) is 15.0. The number of amides is 1. The normalized spacial score (nSPS) is 19.3. The van der Waals surface area contributed by atoms with Gasteiger partial charge in [-0.25, -0.2) is 0 Å². The summed E-state index contributed by atoms with van der Waals surface area (Å²) in [6.45, 7) is 1.35. The highest BCUT2D eigenvalue weighted by Gasteiger charge is 2.26. The predicted octanol–water partition coefficient (Wildman–Crippen LogP) is 2.07. The molecule has 1 fully saturated rings. The van der Waals surface area contributed by atoms with Crippen molar-refractivity contribution in [1.82, 2.24) is 4.90 Å². The third-order valence-corrected chi connectivity index (χ3v) is 4.67. The van der Waals surface area contributed by atoms with E-state index in [0.717, 1.165) is 3.57 Å². The molecule has 1 amide bonds. The molecule has 1 unspecified atom stereocenters. The molecule has 1 aromatic rings. The van der Waals surface area contributed by atoms with Crippen molar-refractivity contribution in [3.8, 4) is 0 Å². The van der Waals surface area contributed by atoms with Gasteiger partial charge in [0, 0.05) is 15.7 Å². The first-order chi connectivity index (χ1) is 8.99. The summed E-state index contributed by atoms with van der Waals surface area (Å²) >= 11 is 13.1. The Morgan fingerprint density at radius 2 is 2.32 bits per heavy atom. The molecule has 0 saturated carbocycles. The summed E-state index contributed by atoms with van der Waals surface area (Å²) in [6.07, 6.45) is -0.368. The third kappa shape index (κ3) is 3.56. The summed E-state index contributed by atoms with van der Waals surface area (Å²) in [5, 5.41) is 0.575. The Hall–Kier alpha value is -0.440. The molecule has 1 heterocycles. The maximum atomic E-state index is 12.4. The van der Waals surface area contributed by atoms with E-state index in [1.807, 2.05) is 6.07 Å². The molecule has 0 spiro atoms. The molecule has 0 bridgehead atoms. The Labute approximate surface area is 135 Å². The molecule has 102 valence electrons. The van der Waals surface area contributed by atoms with Crippen molar-refractivity contribution in [3.05, 3.63) is 32.4 Å². The van der Waals surface area contributed by atoms with Crippen LogP contribution in [0.2, 0.25) is 5.02 Å². The molecule has 2 N–H and O–H groups in total. The van der Waals surface area contributed by atoms with Gasteiger partial charge >= 0.3 is 0 Å². The van der Waals surface area contributed by atoms with E-state index in [-0.39, 0.29) is 17.0 Å². The molecule has 2 rings (SSSR count). The van der Waals surface area contributed by atoms with Crippen LogP contribution in [0.1, 0.15) is 10.4 Å². The summed E-state index contributed by atoms with van der Waals surface area (Å²) in [5.41, 5.74) is 6.12. The van der Waals surface area contributed by atoms with Crippen LogP contribution in [0.4, 0.5) is 0 Å². The van der Waals surface area contributed by atoms with Crippen LogP contribution in [-0.4, -0.2) is 41.6 Å². The number of benzene rings is 1. The smallest absolute Gasteiger partial charge is 0.254 e. The van der Waals surface area contributed by atoms with Gasteiger partial charge in [-0.15, -0.1) is 0 Å². The maximum Gasteiger partial charge on any atom is 0.254 e. The van der Waals surface area contributed by atoms with Gasteiger partial charge in [-0.1, -0.05) is 23.8 Å². The zero-order valence-corrected chi connectivity index (χ0v) is 13.7. The van der Waals surface area contributed by atoms with E-state index in [1.165, 1.54) is 0 Å². The van der Waals surface area contributed by atoms with E-state index in [2.05, 4.69) is 22.6 Å². The fourth-order valence-corrected chi connectivity index (χ4v) is 2.48. The summed E-state index contributed by atoms with van der Waals surface area (Å²) < 4.78 is 6.33. The van der Waals surface area contributed by atoms with Gasteiger partial charge in [0.2, 0.25) is 0 Å². The van der Waals surface area contributed by atoms with Crippen molar-refractivity contribution in [2.45, 2.75) is 6.10 Å². The summed E-state index contributed by atoms with van der Waals surface area (Å²) in [7, 11) is 0. The van der Waals surface area contributed by atoms with Crippen molar-refractivity contribution in [3.63, 3.8) is 0 Å². The lowest BCUT2D eigenvalue weighted by atomic mass is 10.1. The van der Waals surface area contributed by atoms with Crippen LogP contribution in [-0.2, 0) is 4.74 Å². The van der Waals surface area contributed by atoms with Crippen molar-refractivity contribution in [2.24, 2.45) is 5.73 Å². The molecule has 1 saturated heterocycles. The second-order valence-corrected chi connectivity index (χ2v) is 6.18. The van der Waals surface area contributed by atoms with Crippen molar-refractivity contribution in [2.75, 3.05) is 19.7 Å². The highest BCUT2D eigenvalue weighted by Crippen LogP contribution is 2.21. The number of thiocarbonyl (C=S) groups is 1. The predicted molar refractivity (Wildman–Crippen MR) is 86.6 cm³/mol. The van der Waals surface area contributed by atoms with Crippen LogP contribution in [0.3, 0.4) is 0 Å². The van der Waals surface area contributed by atoms with Gasteiger partial charge in [0.05, 0.1) is 18.2 Å². The Bertz CT molecular complexity index is 526. The Morgan fingerprint density at radius 3 is 2.95 bits per heavy atom. The van der Waals surface area contributed by atoms with Gasteiger partial charge in [-0.3, -0.25) is 4.79 Å². The second kappa shape index (κ2) is 6.34. The van der Waals surface area contributed by atoms with E-state index in [9.17, 15) is 4.79 Å². The molecule has 19 heavy (non-hydrogen) atoms. The first-order valence-corrected chi connectivity index (χ1v) is 7.51. The number of hydrogen-bond acceptors (Lipinski definition) is 3. The largest absolute Gasteiger partial charge is 0.391 e. The second-order valence-electron chi connectivity index (χ2n) is 4.14. The van der Waals surface area contributed by atoms with Crippen LogP contribution in [0.5, 0.6) is 0 Å². The molecular formula is C12H12ClIN2O2S. The highest BCUT2D eigenvalue weighted by molar-refractivity contribution is 14.1. The van der Waals surface area contributed by atoms with E-state index in [1.54, 1.807) is 17.0 Å². The maximum absolute atomic E-state index is 12.4. The van der Waals surface area contributed by atoms with Crippen LogP contribution in [0, 0.1) is 3.57 Å². The molecule has 4 nitrogen and oxygen atoms in total. The SMILES string of the molecule is NC(=S)C1CN(C(=O)c2ccc(I)c(Cl)c2)CCO1. The zero-order chi connectivity index (χ0) is 14.0. The average molecular weight is 411 g/mol. The van der Waals surface area contributed by atoms with Crippen molar-refractivity contribution < 1.29 is 9.53 Å². The topological polar surface area (TPSA) is 55.6 Å². The van der Waals surface area contributed by atoms with E-state index >= 15 is 0 Å². The van der Waals surface area contributed by atoms with Crippen LogP contribution in [0.15, 0.2) is 18.2 Å². The zero-order valence-electron chi connectivity index (χ0n) is 9.94. The standard InChI is InChI=1S/C12H12ClIN2O2S/c13-8-5-7(1-2-9(8)14)12(17)16-3-4-18-10(6-16)11(15)19/h1-2,5,10H,3-4,6H2,(H2,15,19). The van der Waals surface area contributed by atoms with Crippen LogP contribution >= 0.6 is 46.4 Å². The summed E-state index contributed by atoms with van der Waals surface area (Å²) in [5.74, 6) is -0.0807. The highest BCUT2D eigenvalue weighted by atomic mass is 127. The lowest BCUT2D eigenvalue weighted by Gasteiger charge is -2.32. The molecule has 1 aromatic carbocycles. The Morgan fingerprint density at radius 1 is 1.58 bits per heavy atom. The molecule has 0 aromatic heterocycles. The molecule has 0 aliphatic carbocycles. The molecule has 1 aliphatic rings. The number of hydrogen-bond donors (Lipinski definition) is 1. The molecule has 7 heteroatoms. The summed E-state index contributed by atoms with van der Waals surface area (Å²) in [4.78, 5) is 14.3. The van der Waals surface area contributed by atoms with Gasteiger partial charge < -0.3 is 15.4 Å².